The summed E-state index contributed by atoms with van der Waals surface area (Å²) in [5.74, 6) is 0.286. The van der Waals surface area contributed by atoms with E-state index in [4.69, 9.17) is 16.3 Å². The Morgan fingerprint density at radius 3 is 2.86 bits per heavy atom. The molecule has 29 heavy (non-hydrogen) atoms. The van der Waals surface area contributed by atoms with Gasteiger partial charge in [0.1, 0.15) is 18.0 Å². The second kappa shape index (κ2) is 8.59. The molecule has 0 amide bonds. The van der Waals surface area contributed by atoms with Gasteiger partial charge in [0.05, 0.1) is 5.52 Å². The zero-order valence-electron chi connectivity index (χ0n) is 15.1. The molecule has 2 aromatic heterocycles. The van der Waals surface area contributed by atoms with Gasteiger partial charge in [0, 0.05) is 17.0 Å². The van der Waals surface area contributed by atoms with E-state index < -0.39 is 5.82 Å². The van der Waals surface area contributed by atoms with E-state index in [2.05, 4.69) is 26.7 Å². The first kappa shape index (κ1) is 19.4. The van der Waals surface area contributed by atoms with Gasteiger partial charge in [0.2, 0.25) is 0 Å². The summed E-state index contributed by atoms with van der Waals surface area (Å²) in [7, 11) is 0. The molecule has 0 N–H and O–H groups in total. The average Bonchev–Trinajstić information content (AvgIpc) is 3.09. The molecule has 0 atom stereocenters. The molecule has 2 heterocycles. The highest BCUT2D eigenvalue weighted by molar-refractivity contribution is 7.99. The number of hydrogen-bond donors (Lipinski definition) is 0. The molecule has 4 aromatic rings. The third-order valence-electron chi connectivity index (χ3n) is 4.05. The fraction of sp³-hybridized carbons (Fsp3) is 0.100. The first-order valence-electron chi connectivity index (χ1n) is 8.64. The minimum Gasteiger partial charge on any atom is -0.483 e. The van der Waals surface area contributed by atoms with Crippen LogP contribution in [0.1, 0.15) is 5.82 Å². The van der Waals surface area contributed by atoms with E-state index in [1.807, 2.05) is 10.6 Å². The van der Waals surface area contributed by atoms with Gasteiger partial charge >= 0.3 is 0 Å². The fourth-order valence-electron chi connectivity index (χ4n) is 2.69. The molecule has 0 aliphatic carbocycles. The van der Waals surface area contributed by atoms with E-state index in [1.165, 1.54) is 24.2 Å². The van der Waals surface area contributed by atoms with Gasteiger partial charge < -0.3 is 4.74 Å². The smallest absolute Gasteiger partial charge is 0.197 e. The number of rotatable bonds is 7. The zero-order chi connectivity index (χ0) is 20.2. The van der Waals surface area contributed by atoms with Gasteiger partial charge in [-0.2, -0.15) is 0 Å². The van der Waals surface area contributed by atoms with Crippen LogP contribution in [0.2, 0.25) is 5.02 Å². The van der Waals surface area contributed by atoms with Gasteiger partial charge in [-0.3, -0.25) is 4.57 Å². The molecule has 0 spiro atoms. The van der Waals surface area contributed by atoms with Crippen LogP contribution in [0.5, 0.6) is 5.75 Å². The number of fused-ring (bicyclic) bond motifs is 1. The molecule has 9 heteroatoms. The van der Waals surface area contributed by atoms with Gasteiger partial charge in [0.25, 0.3) is 0 Å². The van der Waals surface area contributed by atoms with Crippen LogP contribution in [-0.4, -0.2) is 24.7 Å². The molecule has 0 saturated carbocycles. The van der Waals surface area contributed by atoms with E-state index in [0.29, 0.717) is 22.5 Å². The molecule has 2 aromatic carbocycles. The Hall–Kier alpha value is -2.97. The Labute approximate surface area is 175 Å². The van der Waals surface area contributed by atoms with Crippen LogP contribution >= 0.6 is 23.4 Å². The topological polar surface area (TPSA) is 65.7 Å². The maximum absolute atomic E-state index is 13.8. The standard InChI is InChI=1S/C20H15ClFN5OS/c1-2-9-27-18(11-28-17-6-4-3-5-15(17)22)25-26-20(27)29-19-14-8-7-13(21)10-16(14)23-12-24-19/h2-8,10,12H,1,9,11H2. The van der Waals surface area contributed by atoms with E-state index in [9.17, 15) is 4.39 Å². The maximum Gasteiger partial charge on any atom is 0.197 e. The summed E-state index contributed by atoms with van der Waals surface area (Å²) < 4.78 is 21.2. The Kier molecular flexibility index (Phi) is 5.73. The monoisotopic (exact) mass is 427 g/mol. The minimum absolute atomic E-state index is 0.0719. The lowest BCUT2D eigenvalue weighted by molar-refractivity contribution is 0.275. The number of ether oxygens (including phenoxy) is 1. The highest BCUT2D eigenvalue weighted by Gasteiger charge is 2.16. The first-order valence-corrected chi connectivity index (χ1v) is 9.83. The quantitative estimate of drug-likeness (QED) is 0.308. The van der Waals surface area contributed by atoms with E-state index in [1.54, 1.807) is 36.4 Å². The molecule has 0 saturated heterocycles. The Morgan fingerprint density at radius 1 is 1.17 bits per heavy atom. The van der Waals surface area contributed by atoms with Crippen LogP contribution in [0, 0.1) is 5.82 Å². The third-order valence-corrected chi connectivity index (χ3v) is 5.29. The lowest BCUT2D eigenvalue weighted by atomic mass is 10.2. The summed E-state index contributed by atoms with van der Waals surface area (Å²) in [4.78, 5) is 8.62. The molecular weight excluding hydrogens is 413 g/mol. The summed E-state index contributed by atoms with van der Waals surface area (Å²) in [6.07, 6.45) is 3.22. The number of halogens is 2. The van der Waals surface area contributed by atoms with Crippen molar-refractivity contribution in [2.75, 3.05) is 0 Å². The van der Waals surface area contributed by atoms with Crippen molar-refractivity contribution < 1.29 is 9.13 Å². The highest BCUT2D eigenvalue weighted by Crippen LogP contribution is 2.31. The third kappa shape index (κ3) is 4.23. The van der Waals surface area contributed by atoms with Crippen molar-refractivity contribution >= 4 is 34.3 Å². The molecule has 0 aliphatic rings. The summed E-state index contributed by atoms with van der Waals surface area (Å²) in [5.41, 5.74) is 0.743. The van der Waals surface area contributed by atoms with Gasteiger partial charge in [-0.1, -0.05) is 29.8 Å². The molecule has 146 valence electrons. The predicted octanol–water partition coefficient (Wildman–Crippen LogP) is 4.93. The summed E-state index contributed by atoms with van der Waals surface area (Å²) in [6.45, 7) is 4.33. The fourth-order valence-corrected chi connectivity index (χ4v) is 3.78. The predicted molar refractivity (Wildman–Crippen MR) is 110 cm³/mol. The van der Waals surface area contributed by atoms with Crippen molar-refractivity contribution in [2.45, 2.75) is 23.3 Å². The summed E-state index contributed by atoms with van der Waals surface area (Å²) in [5, 5.41) is 11.3. The number of allylic oxidation sites excluding steroid dienone is 1. The van der Waals surface area contributed by atoms with Crippen LogP contribution < -0.4 is 4.74 Å². The lowest BCUT2D eigenvalue weighted by Gasteiger charge is -2.10. The number of hydrogen-bond acceptors (Lipinski definition) is 6. The number of nitrogens with zero attached hydrogens (tertiary/aromatic N) is 5. The highest BCUT2D eigenvalue weighted by atomic mass is 35.5. The van der Waals surface area contributed by atoms with Crippen LogP contribution in [0.15, 0.2) is 71.6 Å². The molecule has 6 nitrogen and oxygen atoms in total. The van der Waals surface area contributed by atoms with E-state index >= 15 is 0 Å². The number of aromatic nitrogens is 5. The van der Waals surface area contributed by atoms with Gasteiger partial charge in [-0.05, 0) is 42.1 Å². The summed E-state index contributed by atoms with van der Waals surface area (Å²) in [6, 6.07) is 11.7. The molecular formula is C20H15ClFN5OS. The van der Waals surface area contributed by atoms with Crippen LogP contribution in [-0.2, 0) is 13.2 Å². The molecule has 0 aliphatic heterocycles. The normalized spacial score (nSPS) is 11.0. The Morgan fingerprint density at radius 2 is 2.03 bits per heavy atom. The van der Waals surface area contributed by atoms with Crippen molar-refractivity contribution in [2.24, 2.45) is 0 Å². The van der Waals surface area contributed by atoms with E-state index in [0.717, 1.165) is 15.9 Å². The van der Waals surface area contributed by atoms with Gasteiger partial charge in [-0.15, -0.1) is 16.8 Å². The van der Waals surface area contributed by atoms with Crippen molar-refractivity contribution in [3.8, 4) is 5.75 Å². The first-order chi connectivity index (χ1) is 14.2. The Balaban J connectivity index is 1.62. The largest absolute Gasteiger partial charge is 0.483 e. The Bertz CT molecular complexity index is 1180. The minimum atomic E-state index is -0.428. The molecule has 4 rings (SSSR count). The van der Waals surface area contributed by atoms with Crippen molar-refractivity contribution in [1.29, 1.82) is 0 Å². The summed E-state index contributed by atoms with van der Waals surface area (Å²) >= 11 is 7.40. The van der Waals surface area contributed by atoms with Crippen LogP contribution in [0.3, 0.4) is 0 Å². The molecule has 0 fully saturated rings. The second-order valence-corrected chi connectivity index (χ2v) is 7.35. The number of para-hydroxylation sites is 1. The van der Waals surface area contributed by atoms with Crippen LogP contribution in [0.4, 0.5) is 4.39 Å². The maximum atomic E-state index is 13.8. The van der Waals surface area contributed by atoms with Crippen molar-refractivity contribution in [1.82, 2.24) is 24.7 Å². The van der Waals surface area contributed by atoms with Crippen molar-refractivity contribution in [3.05, 3.63) is 78.1 Å². The second-order valence-electron chi connectivity index (χ2n) is 5.96. The number of benzene rings is 2. The van der Waals surface area contributed by atoms with E-state index in [-0.39, 0.29) is 12.4 Å². The molecule has 0 radical (unpaired) electrons. The SMILES string of the molecule is C=CCn1c(COc2ccccc2F)nnc1Sc1ncnc2cc(Cl)ccc12. The lowest BCUT2D eigenvalue weighted by Crippen LogP contribution is -2.08. The van der Waals surface area contributed by atoms with Gasteiger partial charge in [0.15, 0.2) is 22.5 Å². The average molecular weight is 428 g/mol. The zero-order valence-corrected chi connectivity index (χ0v) is 16.7. The van der Waals surface area contributed by atoms with Gasteiger partial charge in [-0.25, -0.2) is 14.4 Å². The van der Waals surface area contributed by atoms with Crippen LogP contribution in [0.25, 0.3) is 10.9 Å². The molecule has 0 bridgehead atoms. The van der Waals surface area contributed by atoms with Crippen molar-refractivity contribution in [3.63, 3.8) is 0 Å². The molecule has 0 unspecified atom stereocenters.